The van der Waals surface area contributed by atoms with Gasteiger partial charge in [-0.3, -0.25) is 4.79 Å². The quantitative estimate of drug-likeness (QED) is 0.837. The number of piperidine rings is 1. The summed E-state index contributed by atoms with van der Waals surface area (Å²) in [4.78, 5) is 12.0. The van der Waals surface area contributed by atoms with Crippen molar-refractivity contribution in [1.29, 1.82) is 0 Å². The van der Waals surface area contributed by atoms with Crippen molar-refractivity contribution in [3.05, 3.63) is 22.6 Å². The van der Waals surface area contributed by atoms with E-state index in [0.717, 1.165) is 25.9 Å². The molecule has 0 atom stereocenters. The van der Waals surface area contributed by atoms with Crippen LogP contribution in [0.5, 0.6) is 0 Å². The Morgan fingerprint density at radius 2 is 2.20 bits per heavy atom. The van der Waals surface area contributed by atoms with Crippen LogP contribution in [-0.2, 0) is 4.74 Å². The minimum Gasteiger partial charge on any atom is -0.444 e. The van der Waals surface area contributed by atoms with Crippen molar-refractivity contribution in [3.63, 3.8) is 0 Å². The zero-order valence-corrected chi connectivity index (χ0v) is 13.8. The molecule has 0 spiro atoms. The number of halogens is 2. The SMILES string of the molecule is COCC1(CNC(=O)c2ccc(Br)o2)CCNCC1.Cl. The maximum atomic E-state index is 12.0. The molecule has 1 amide bonds. The van der Waals surface area contributed by atoms with E-state index in [4.69, 9.17) is 9.15 Å². The number of carbonyl (C=O) groups is 1. The Kier molecular flexibility index (Phi) is 7.02. The summed E-state index contributed by atoms with van der Waals surface area (Å²) in [6.45, 7) is 3.20. The van der Waals surface area contributed by atoms with Gasteiger partial charge in [-0.1, -0.05) is 0 Å². The maximum absolute atomic E-state index is 12.0. The van der Waals surface area contributed by atoms with Crippen molar-refractivity contribution in [3.8, 4) is 0 Å². The van der Waals surface area contributed by atoms with E-state index < -0.39 is 0 Å². The molecule has 20 heavy (non-hydrogen) atoms. The highest BCUT2D eigenvalue weighted by molar-refractivity contribution is 9.10. The second-order valence-corrected chi connectivity index (χ2v) is 5.75. The topological polar surface area (TPSA) is 63.5 Å². The van der Waals surface area contributed by atoms with Gasteiger partial charge in [-0.15, -0.1) is 12.4 Å². The first-order valence-electron chi connectivity index (χ1n) is 6.38. The third-order valence-corrected chi connectivity index (χ3v) is 3.96. The average Bonchev–Trinajstić information content (AvgIpc) is 2.84. The van der Waals surface area contributed by atoms with E-state index >= 15 is 0 Å². The predicted molar refractivity (Wildman–Crippen MR) is 82.4 cm³/mol. The van der Waals surface area contributed by atoms with Crippen molar-refractivity contribution in [2.45, 2.75) is 12.8 Å². The van der Waals surface area contributed by atoms with Gasteiger partial charge in [0.1, 0.15) is 0 Å². The zero-order valence-electron chi connectivity index (χ0n) is 11.4. The number of ether oxygens (including phenoxy) is 1. The Morgan fingerprint density at radius 1 is 1.50 bits per heavy atom. The molecule has 114 valence electrons. The average molecular weight is 368 g/mol. The van der Waals surface area contributed by atoms with Crippen LogP contribution in [0.2, 0.25) is 0 Å². The summed E-state index contributed by atoms with van der Waals surface area (Å²) in [6, 6.07) is 3.37. The fraction of sp³-hybridized carbons (Fsp3) is 0.615. The second kappa shape index (κ2) is 8.02. The summed E-state index contributed by atoms with van der Waals surface area (Å²) in [5.74, 6) is 0.146. The molecule has 1 aromatic heterocycles. The summed E-state index contributed by atoms with van der Waals surface area (Å²) >= 11 is 3.19. The van der Waals surface area contributed by atoms with E-state index in [1.54, 1.807) is 19.2 Å². The van der Waals surface area contributed by atoms with Gasteiger partial charge in [0, 0.05) is 19.1 Å². The molecule has 0 unspecified atom stereocenters. The van der Waals surface area contributed by atoms with Crippen LogP contribution < -0.4 is 10.6 Å². The van der Waals surface area contributed by atoms with Crippen molar-refractivity contribution in [2.24, 2.45) is 5.41 Å². The molecule has 7 heteroatoms. The number of methoxy groups -OCH3 is 1. The third-order valence-electron chi connectivity index (χ3n) is 3.54. The number of hydrogen-bond acceptors (Lipinski definition) is 4. The number of rotatable bonds is 5. The molecule has 0 radical (unpaired) electrons. The Bertz CT molecular complexity index is 427. The monoisotopic (exact) mass is 366 g/mol. The van der Waals surface area contributed by atoms with Gasteiger partial charge in [0.05, 0.1) is 6.61 Å². The molecule has 1 saturated heterocycles. The smallest absolute Gasteiger partial charge is 0.287 e. The molecular formula is C13H20BrClN2O3. The molecule has 2 N–H and O–H groups in total. The largest absolute Gasteiger partial charge is 0.444 e. The van der Waals surface area contributed by atoms with Crippen LogP contribution in [0.1, 0.15) is 23.4 Å². The first kappa shape index (κ1) is 17.5. The highest BCUT2D eigenvalue weighted by Gasteiger charge is 2.32. The Labute approximate surface area is 133 Å². The van der Waals surface area contributed by atoms with Gasteiger partial charge in [-0.2, -0.15) is 0 Å². The highest BCUT2D eigenvalue weighted by atomic mass is 79.9. The van der Waals surface area contributed by atoms with Gasteiger partial charge in [0.2, 0.25) is 0 Å². The normalized spacial score (nSPS) is 17.3. The van der Waals surface area contributed by atoms with Gasteiger partial charge < -0.3 is 19.8 Å². The molecule has 1 fully saturated rings. The second-order valence-electron chi connectivity index (χ2n) is 4.97. The van der Waals surface area contributed by atoms with E-state index in [1.165, 1.54) is 0 Å². The number of carbonyl (C=O) groups excluding carboxylic acids is 1. The molecule has 5 nitrogen and oxygen atoms in total. The Morgan fingerprint density at radius 3 is 2.75 bits per heavy atom. The molecule has 1 aliphatic rings. The van der Waals surface area contributed by atoms with E-state index in [1.807, 2.05) is 0 Å². The molecule has 2 rings (SSSR count). The summed E-state index contributed by atoms with van der Waals surface area (Å²) in [7, 11) is 1.70. The standard InChI is InChI=1S/C13H19BrN2O3.ClH/c1-18-9-13(4-6-15-7-5-13)8-16-12(17)10-2-3-11(14)19-10;/h2-3,15H,4-9H2,1H3,(H,16,17);1H. The third kappa shape index (κ3) is 4.48. The van der Waals surface area contributed by atoms with Gasteiger partial charge in [-0.05, 0) is 54.0 Å². The highest BCUT2D eigenvalue weighted by Crippen LogP contribution is 2.28. The van der Waals surface area contributed by atoms with Crippen LogP contribution in [0.25, 0.3) is 0 Å². The summed E-state index contributed by atoms with van der Waals surface area (Å²) < 4.78 is 11.1. The van der Waals surface area contributed by atoms with Crippen LogP contribution >= 0.6 is 28.3 Å². The molecule has 0 aliphatic carbocycles. The van der Waals surface area contributed by atoms with Crippen molar-refractivity contribution in [2.75, 3.05) is 33.4 Å². The van der Waals surface area contributed by atoms with E-state index in [0.29, 0.717) is 23.6 Å². The van der Waals surface area contributed by atoms with Crippen molar-refractivity contribution in [1.82, 2.24) is 10.6 Å². The number of nitrogens with one attached hydrogen (secondary N) is 2. The number of hydrogen-bond donors (Lipinski definition) is 2. The van der Waals surface area contributed by atoms with Crippen LogP contribution in [0.4, 0.5) is 0 Å². The van der Waals surface area contributed by atoms with Crippen LogP contribution in [-0.4, -0.2) is 39.3 Å². The zero-order chi connectivity index (χ0) is 13.7. The first-order valence-corrected chi connectivity index (χ1v) is 7.18. The van der Waals surface area contributed by atoms with E-state index in [9.17, 15) is 4.79 Å². The summed E-state index contributed by atoms with van der Waals surface area (Å²) in [5, 5.41) is 6.27. The maximum Gasteiger partial charge on any atom is 0.287 e. The lowest BCUT2D eigenvalue weighted by atomic mass is 9.79. The van der Waals surface area contributed by atoms with Crippen LogP contribution in [0.15, 0.2) is 21.2 Å². The van der Waals surface area contributed by atoms with Crippen LogP contribution in [0, 0.1) is 5.41 Å². The lowest BCUT2D eigenvalue weighted by Crippen LogP contribution is -2.47. The fourth-order valence-corrected chi connectivity index (χ4v) is 2.73. The van der Waals surface area contributed by atoms with Gasteiger partial charge in [-0.25, -0.2) is 0 Å². The Balaban J connectivity index is 0.00000200. The molecule has 0 aromatic carbocycles. The minimum absolute atomic E-state index is 0. The summed E-state index contributed by atoms with van der Waals surface area (Å²) in [5.41, 5.74) is 0.0273. The van der Waals surface area contributed by atoms with E-state index in [2.05, 4.69) is 26.6 Å². The molecule has 1 aliphatic heterocycles. The first-order chi connectivity index (χ1) is 9.15. The lowest BCUT2D eigenvalue weighted by Gasteiger charge is -2.37. The van der Waals surface area contributed by atoms with Crippen molar-refractivity contribution >= 4 is 34.2 Å². The fourth-order valence-electron chi connectivity index (χ4n) is 2.43. The Hall–Kier alpha value is -0.560. The molecular weight excluding hydrogens is 348 g/mol. The molecule has 2 heterocycles. The predicted octanol–water partition coefficient (Wildman–Crippen LogP) is 2.21. The molecule has 1 aromatic rings. The minimum atomic E-state index is -0.181. The lowest BCUT2D eigenvalue weighted by molar-refractivity contribution is 0.0506. The van der Waals surface area contributed by atoms with Gasteiger partial charge in [0.15, 0.2) is 10.4 Å². The summed E-state index contributed by atoms with van der Waals surface area (Å²) in [6.07, 6.45) is 2.01. The van der Waals surface area contributed by atoms with Crippen molar-refractivity contribution < 1.29 is 13.9 Å². The van der Waals surface area contributed by atoms with Gasteiger partial charge in [0.25, 0.3) is 5.91 Å². The van der Waals surface area contributed by atoms with E-state index in [-0.39, 0.29) is 23.7 Å². The molecule has 0 saturated carbocycles. The number of amides is 1. The molecule has 0 bridgehead atoms. The number of furan rings is 1. The van der Waals surface area contributed by atoms with Gasteiger partial charge >= 0.3 is 0 Å². The van der Waals surface area contributed by atoms with Crippen LogP contribution in [0.3, 0.4) is 0 Å².